The summed E-state index contributed by atoms with van der Waals surface area (Å²) in [5, 5.41) is 14.4. The van der Waals surface area contributed by atoms with Gasteiger partial charge in [-0.3, -0.25) is 0 Å². The predicted octanol–water partition coefficient (Wildman–Crippen LogP) is 3.29. The summed E-state index contributed by atoms with van der Waals surface area (Å²) in [5.41, 5.74) is 0.529. The zero-order valence-electron chi connectivity index (χ0n) is 13.4. The van der Waals surface area contributed by atoms with E-state index in [4.69, 9.17) is 9.47 Å². The maximum Gasteiger partial charge on any atom is 0.352 e. The van der Waals surface area contributed by atoms with Gasteiger partial charge in [-0.05, 0) is 13.0 Å². The van der Waals surface area contributed by atoms with Gasteiger partial charge in [-0.2, -0.15) is 5.10 Å². The number of carbonyl (C=O) groups is 1. The first-order chi connectivity index (χ1) is 10.3. The van der Waals surface area contributed by atoms with E-state index in [9.17, 15) is 9.90 Å². The highest BCUT2D eigenvalue weighted by Crippen LogP contribution is 2.37. The number of ether oxygens (including phenoxy) is 2. The number of hydrogen-bond acceptors (Lipinski definition) is 6. The summed E-state index contributed by atoms with van der Waals surface area (Å²) in [6, 6.07) is 1.07. The Kier molecular flexibility index (Phi) is 5.25. The van der Waals surface area contributed by atoms with E-state index < -0.39 is 14.0 Å². The fourth-order valence-electron chi connectivity index (χ4n) is 1.91. The summed E-state index contributed by atoms with van der Waals surface area (Å²) >= 11 is 1.18. The van der Waals surface area contributed by atoms with E-state index in [1.165, 1.54) is 11.3 Å². The molecule has 0 saturated heterocycles. The van der Waals surface area contributed by atoms with Gasteiger partial charge in [-0.25, -0.2) is 9.48 Å². The van der Waals surface area contributed by atoms with Crippen molar-refractivity contribution in [3.63, 3.8) is 0 Å². The van der Waals surface area contributed by atoms with Crippen LogP contribution in [0.15, 0.2) is 6.20 Å². The fraction of sp³-hybridized carbons (Fsp3) is 0.571. The Balaban J connectivity index is 2.10. The van der Waals surface area contributed by atoms with Gasteiger partial charge in [0.05, 0.1) is 17.5 Å². The highest BCUT2D eigenvalue weighted by molar-refractivity contribution is 7.21. The van der Waals surface area contributed by atoms with Gasteiger partial charge >= 0.3 is 5.97 Å². The SMILES string of the molecule is CCOC(=O)c1sc2cnn(COCC[Si](C)(C)C)c2c1O. The Bertz CT molecular complexity index is 660. The van der Waals surface area contributed by atoms with E-state index in [0.29, 0.717) is 12.1 Å². The predicted molar refractivity (Wildman–Crippen MR) is 89.3 cm³/mol. The van der Waals surface area contributed by atoms with Crippen molar-refractivity contribution >= 4 is 35.6 Å². The molecule has 0 aromatic carbocycles. The van der Waals surface area contributed by atoms with Crippen molar-refractivity contribution in [3.8, 4) is 5.75 Å². The van der Waals surface area contributed by atoms with Crippen LogP contribution in [0, 0.1) is 0 Å². The van der Waals surface area contributed by atoms with Crippen LogP contribution in [0.2, 0.25) is 25.7 Å². The molecule has 0 aliphatic rings. The Labute approximate surface area is 134 Å². The molecule has 0 saturated carbocycles. The lowest BCUT2D eigenvalue weighted by molar-refractivity contribution is 0.0529. The Morgan fingerprint density at radius 3 is 2.82 bits per heavy atom. The second-order valence-electron chi connectivity index (χ2n) is 6.21. The van der Waals surface area contributed by atoms with E-state index in [-0.39, 0.29) is 24.0 Å². The number of fused-ring (bicyclic) bond motifs is 1. The molecule has 1 N–H and O–H groups in total. The Hall–Kier alpha value is -1.38. The number of nitrogens with zero attached hydrogens (tertiary/aromatic N) is 2. The van der Waals surface area contributed by atoms with Crippen LogP contribution in [-0.4, -0.2) is 42.1 Å². The number of carbonyl (C=O) groups excluding carboxylic acids is 1. The number of aromatic nitrogens is 2. The summed E-state index contributed by atoms with van der Waals surface area (Å²) in [4.78, 5) is 12.0. The number of hydrogen-bond donors (Lipinski definition) is 1. The minimum absolute atomic E-state index is 0.0789. The normalized spacial score (nSPS) is 12.0. The monoisotopic (exact) mass is 342 g/mol. The number of esters is 1. The molecule has 0 atom stereocenters. The summed E-state index contributed by atoms with van der Waals surface area (Å²) in [5.74, 6) is -0.586. The molecule has 0 spiro atoms. The van der Waals surface area contributed by atoms with Crippen LogP contribution in [0.3, 0.4) is 0 Å². The molecule has 0 radical (unpaired) electrons. The molecule has 2 heterocycles. The smallest absolute Gasteiger partial charge is 0.352 e. The molecule has 2 aromatic rings. The maximum atomic E-state index is 11.8. The summed E-state index contributed by atoms with van der Waals surface area (Å²) in [6.45, 7) is 9.82. The van der Waals surface area contributed by atoms with Gasteiger partial charge in [0.25, 0.3) is 0 Å². The molecular formula is C14H22N2O4SSi. The average molecular weight is 342 g/mol. The highest BCUT2D eigenvalue weighted by Gasteiger charge is 2.22. The van der Waals surface area contributed by atoms with Crippen molar-refractivity contribution < 1.29 is 19.4 Å². The Morgan fingerprint density at radius 2 is 2.18 bits per heavy atom. The molecule has 0 aliphatic carbocycles. The van der Waals surface area contributed by atoms with Gasteiger partial charge in [-0.15, -0.1) is 11.3 Å². The Morgan fingerprint density at radius 1 is 1.45 bits per heavy atom. The second kappa shape index (κ2) is 6.80. The topological polar surface area (TPSA) is 73.6 Å². The molecule has 0 fully saturated rings. The van der Waals surface area contributed by atoms with Crippen molar-refractivity contribution in [3.05, 3.63) is 11.1 Å². The first kappa shape index (κ1) is 17.0. The van der Waals surface area contributed by atoms with Gasteiger partial charge < -0.3 is 14.6 Å². The number of thiophene rings is 1. The molecule has 122 valence electrons. The van der Waals surface area contributed by atoms with Gasteiger partial charge in [0.15, 0.2) is 10.6 Å². The van der Waals surface area contributed by atoms with E-state index >= 15 is 0 Å². The molecule has 2 rings (SSSR count). The average Bonchev–Trinajstić information content (AvgIpc) is 2.95. The van der Waals surface area contributed by atoms with Gasteiger partial charge in [-0.1, -0.05) is 19.6 Å². The van der Waals surface area contributed by atoms with Crippen molar-refractivity contribution in [1.29, 1.82) is 0 Å². The molecule has 0 bridgehead atoms. The van der Waals surface area contributed by atoms with Crippen molar-refractivity contribution in [1.82, 2.24) is 9.78 Å². The van der Waals surface area contributed by atoms with Crippen LogP contribution < -0.4 is 0 Å². The van der Waals surface area contributed by atoms with Crippen LogP contribution in [0.25, 0.3) is 10.2 Å². The summed E-state index contributed by atoms with van der Waals surface area (Å²) in [7, 11) is -1.13. The zero-order valence-corrected chi connectivity index (χ0v) is 15.2. The van der Waals surface area contributed by atoms with Crippen molar-refractivity contribution in [2.24, 2.45) is 0 Å². The molecule has 22 heavy (non-hydrogen) atoms. The molecule has 2 aromatic heterocycles. The van der Waals surface area contributed by atoms with Crippen LogP contribution >= 0.6 is 11.3 Å². The zero-order chi connectivity index (χ0) is 16.3. The minimum Gasteiger partial charge on any atom is -0.504 e. The lowest BCUT2D eigenvalue weighted by atomic mass is 10.4. The van der Waals surface area contributed by atoms with Crippen LogP contribution in [0.4, 0.5) is 0 Å². The van der Waals surface area contributed by atoms with E-state index in [0.717, 1.165) is 10.7 Å². The van der Waals surface area contributed by atoms with E-state index in [1.807, 2.05) is 0 Å². The van der Waals surface area contributed by atoms with Gasteiger partial charge in [0.1, 0.15) is 12.2 Å². The van der Waals surface area contributed by atoms with Crippen molar-refractivity contribution in [2.45, 2.75) is 39.3 Å². The van der Waals surface area contributed by atoms with Gasteiger partial charge in [0.2, 0.25) is 0 Å². The van der Waals surface area contributed by atoms with E-state index in [2.05, 4.69) is 24.7 Å². The fourth-order valence-corrected chi connectivity index (χ4v) is 3.62. The third-order valence-corrected chi connectivity index (χ3v) is 5.92. The number of aromatic hydroxyl groups is 1. The van der Waals surface area contributed by atoms with E-state index in [1.54, 1.807) is 17.8 Å². The quantitative estimate of drug-likeness (QED) is 0.475. The van der Waals surface area contributed by atoms with Gasteiger partial charge in [0, 0.05) is 14.7 Å². The molecule has 0 unspecified atom stereocenters. The standard InChI is InChI=1S/C14H22N2O4SSi/c1-5-20-14(18)13-12(17)11-10(21-13)8-15-16(11)9-19-6-7-22(2,3)4/h8,17H,5-7,9H2,1-4H3. The second-order valence-corrected chi connectivity index (χ2v) is 12.9. The van der Waals surface area contributed by atoms with Crippen LogP contribution in [0.5, 0.6) is 5.75 Å². The van der Waals surface area contributed by atoms with Crippen LogP contribution in [0.1, 0.15) is 16.6 Å². The molecule has 8 heteroatoms. The maximum absolute atomic E-state index is 11.8. The molecular weight excluding hydrogens is 320 g/mol. The highest BCUT2D eigenvalue weighted by atomic mass is 32.1. The third kappa shape index (κ3) is 3.87. The first-order valence-corrected chi connectivity index (χ1v) is 11.8. The summed E-state index contributed by atoms with van der Waals surface area (Å²) in [6.07, 6.45) is 1.63. The summed E-state index contributed by atoms with van der Waals surface area (Å²) < 4.78 is 12.9. The molecule has 0 amide bonds. The first-order valence-electron chi connectivity index (χ1n) is 7.25. The third-order valence-electron chi connectivity index (χ3n) is 3.13. The molecule has 0 aliphatic heterocycles. The van der Waals surface area contributed by atoms with Crippen molar-refractivity contribution in [2.75, 3.05) is 13.2 Å². The molecule has 6 nitrogen and oxygen atoms in total. The van der Waals surface area contributed by atoms with Crippen LogP contribution in [-0.2, 0) is 16.2 Å². The number of rotatable bonds is 7. The lowest BCUT2D eigenvalue weighted by Crippen LogP contribution is -2.22. The minimum atomic E-state index is -1.13. The largest absolute Gasteiger partial charge is 0.504 e. The lowest BCUT2D eigenvalue weighted by Gasteiger charge is -2.15.